The molecule has 2 unspecified atom stereocenters. The lowest BCUT2D eigenvalue weighted by molar-refractivity contribution is -0.126. The first-order valence-electron chi connectivity index (χ1n) is 8.42. The Kier molecular flexibility index (Phi) is 5.34. The van der Waals surface area contributed by atoms with E-state index in [4.69, 9.17) is 9.47 Å². The molecule has 1 aromatic carbocycles. The van der Waals surface area contributed by atoms with Gasteiger partial charge in [0.25, 0.3) is 0 Å². The summed E-state index contributed by atoms with van der Waals surface area (Å²) < 4.78 is 11.1. The maximum Gasteiger partial charge on any atom is 0.227 e. The summed E-state index contributed by atoms with van der Waals surface area (Å²) in [5.74, 6) is 0.982. The van der Waals surface area contributed by atoms with Gasteiger partial charge in [-0.25, -0.2) is 0 Å². The fraction of sp³-hybridized carbons (Fsp3) is 0.529. The number of anilines is 1. The molecule has 2 saturated heterocycles. The smallest absolute Gasteiger partial charge is 0.227 e. The number of hydrogen-bond acceptors (Lipinski definition) is 5. The van der Waals surface area contributed by atoms with Crippen LogP contribution in [0.25, 0.3) is 0 Å². The number of hydrogen-bond donors (Lipinski definition) is 2. The molecule has 25 heavy (non-hydrogen) atoms. The highest BCUT2D eigenvalue weighted by molar-refractivity contribution is 6.00. The highest BCUT2D eigenvalue weighted by Gasteiger charge is 2.36. The molecule has 0 bridgehead atoms. The number of amides is 2. The summed E-state index contributed by atoms with van der Waals surface area (Å²) in [6, 6.07) is 5.64. The van der Waals surface area contributed by atoms with E-state index in [1.165, 1.54) is 0 Å². The molecule has 0 aliphatic carbocycles. The molecule has 8 heteroatoms. The molecule has 3 aliphatic rings. The van der Waals surface area contributed by atoms with Gasteiger partial charge in [-0.1, -0.05) is 0 Å². The third-order valence-electron chi connectivity index (χ3n) is 4.74. The van der Waals surface area contributed by atoms with Crippen molar-refractivity contribution >= 4 is 29.9 Å². The number of nitrogens with one attached hydrogen (secondary N) is 2. The maximum absolute atomic E-state index is 12.4. The average molecular weight is 368 g/mol. The minimum atomic E-state index is -0.300. The summed E-state index contributed by atoms with van der Waals surface area (Å²) in [5, 5.41) is 6.26. The minimum absolute atomic E-state index is 0. The predicted molar refractivity (Wildman–Crippen MR) is 94.6 cm³/mol. The van der Waals surface area contributed by atoms with Gasteiger partial charge in [0, 0.05) is 37.3 Å². The second kappa shape index (κ2) is 7.49. The van der Waals surface area contributed by atoms with Crippen LogP contribution in [0.2, 0.25) is 0 Å². The first-order chi connectivity index (χ1) is 11.7. The van der Waals surface area contributed by atoms with E-state index in [1.54, 1.807) is 4.90 Å². The van der Waals surface area contributed by atoms with Crippen molar-refractivity contribution < 1.29 is 19.1 Å². The largest absolute Gasteiger partial charge is 0.486 e. The summed E-state index contributed by atoms with van der Waals surface area (Å²) in [6.45, 7) is 3.18. The van der Waals surface area contributed by atoms with Crippen LogP contribution in [0.4, 0.5) is 5.69 Å². The third-order valence-corrected chi connectivity index (χ3v) is 4.74. The summed E-state index contributed by atoms with van der Waals surface area (Å²) >= 11 is 0. The maximum atomic E-state index is 12.4. The predicted octanol–water partition coefficient (Wildman–Crippen LogP) is 0.711. The van der Waals surface area contributed by atoms with E-state index in [0.29, 0.717) is 31.3 Å². The molecular formula is C17H22ClN3O4. The lowest BCUT2D eigenvalue weighted by Gasteiger charge is -2.22. The van der Waals surface area contributed by atoms with Crippen LogP contribution in [0.1, 0.15) is 12.8 Å². The van der Waals surface area contributed by atoms with E-state index in [9.17, 15) is 9.59 Å². The Morgan fingerprint density at radius 3 is 2.80 bits per heavy atom. The van der Waals surface area contributed by atoms with Gasteiger partial charge < -0.3 is 25.0 Å². The van der Waals surface area contributed by atoms with Crippen LogP contribution in [0, 0.1) is 5.92 Å². The molecule has 2 amide bonds. The highest BCUT2D eigenvalue weighted by atomic mass is 35.5. The van der Waals surface area contributed by atoms with Crippen molar-refractivity contribution in [2.24, 2.45) is 5.92 Å². The zero-order chi connectivity index (χ0) is 16.5. The molecule has 0 radical (unpaired) electrons. The quantitative estimate of drug-likeness (QED) is 0.822. The second-order valence-electron chi connectivity index (χ2n) is 6.43. The third kappa shape index (κ3) is 3.67. The Hall–Kier alpha value is -1.99. The number of fused-ring (bicyclic) bond motifs is 1. The lowest BCUT2D eigenvalue weighted by atomic mass is 10.1. The molecule has 3 aliphatic heterocycles. The van der Waals surface area contributed by atoms with E-state index < -0.39 is 0 Å². The van der Waals surface area contributed by atoms with Crippen LogP contribution >= 0.6 is 12.4 Å². The van der Waals surface area contributed by atoms with Gasteiger partial charge in [0.15, 0.2) is 11.5 Å². The summed E-state index contributed by atoms with van der Waals surface area (Å²) in [7, 11) is 0. The SMILES string of the molecule is Cl.O=C(NC1CCNC1)C1CC(=O)N(c2ccc3c(c2)OCCO3)C1. The van der Waals surface area contributed by atoms with Crippen molar-refractivity contribution in [2.75, 3.05) is 37.7 Å². The number of nitrogens with zero attached hydrogens (tertiary/aromatic N) is 1. The topological polar surface area (TPSA) is 79.9 Å². The van der Waals surface area contributed by atoms with Gasteiger partial charge in [0.1, 0.15) is 13.2 Å². The molecular weight excluding hydrogens is 346 g/mol. The van der Waals surface area contributed by atoms with Gasteiger partial charge in [-0.05, 0) is 25.1 Å². The summed E-state index contributed by atoms with van der Waals surface area (Å²) in [5.41, 5.74) is 0.752. The van der Waals surface area contributed by atoms with Crippen molar-refractivity contribution in [3.8, 4) is 11.5 Å². The van der Waals surface area contributed by atoms with Crippen LogP contribution < -0.4 is 25.0 Å². The van der Waals surface area contributed by atoms with Crippen molar-refractivity contribution in [3.63, 3.8) is 0 Å². The van der Waals surface area contributed by atoms with E-state index in [-0.39, 0.29) is 42.6 Å². The first kappa shape index (κ1) is 17.8. The number of benzene rings is 1. The molecule has 0 aromatic heterocycles. The number of halogens is 1. The van der Waals surface area contributed by atoms with E-state index in [0.717, 1.165) is 25.2 Å². The van der Waals surface area contributed by atoms with E-state index >= 15 is 0 Å². The van der Waals surface area contributed by atoms with Crippen LogP contribution in [-0.4, -0.2) is 50.7 Å². The molecule has 1 aromatic rings. The number of ether oxygens (including phenoxy) is 2. The number of carbonyl (C=O) groups excluding carboxylic acids is 2. The number of carbonyl (C=O) groups is 2. The number of rotatable bonds is 3. The van der Waals surface area contributed by atoms with Gasteiger partial charge in [-0.3, -0.25) is 9.59 Å². The highest BCUT2D eigenvalue weighted by Crippen LogP contribution is 2.36. The molecule has 7 nitrogen and oxygen atoms in total. The van der Waals surface area contributed by atoms with Gasteiger partial charge >= 0.3 is 0 Å². The van der Waals surface area contributed by atoms with Gasteiger partial charge in [-0.15, -0.1) is 12.4 Å². The normalized spacial score (nSPS) is 24.8. The standard InChI is InChI=1S/C17H21N3O4.ClH/c21-16-7-11(17(22)19-12-3-4-18-9-12)10-20(16)13-1-2-14-15(8-13)24-6-5-23-14;/h1-2,8,11-12,18H,3-7,9-10H2,(H,19,22);1H. The lowest BCUT2D eigenvalue weighted by Crippen LogP contribution is -2.40. The van der Waals surface area contributed by atoms with Crippen LogP contribution in [0.3, 0.4) is 0 Å². The van der Waals surface area contributed by atoms with Gasteiger partial charge in [0.05, 0.1) is 5.92 Å². The molecule has 0 spiro atoms. The Labute approximate surface area is 152 Å². The van der Waals surface area contributed by atoms with E-state index in [1.807, 2.05) is 18.2 Å². The van der Waals surface area contributed by atoms with Gasteiger partial charge in [-0.2, -0.15) is 0 Å². The molecule has 2 fully saturated rings. The Morgan fingerprint density at radius 1 is 1.24 bits per heavy atom. The minimum Gasteiger partial charge on any atom is -0.486 e. The van der Waals surface area contributed by atoms with Gasteiger partial charge in [0.2, 0.25) is 11.8 Å². The first-order valence-corrected chi connectivity index (χ1v) is 8.42. The van der Waals surface area contributed by atoms with Crippen molar-refractivity contribution in [1.29, 1.82) is 0 Å². The fourth-order valence-electron chi connectivity index (χ4n) is 3.43. The van der Waals surface area contributed by atoms with Crippen molar-refractivity contribution in [3.05, 3.63) is 18.2 Å². The molecule has 4 rings (SSSR count). The van der Waals surface area contributed by atoms with Crippen molar-refractivity contribution in [2.45, 2.75) is 18.9 Å². The Balaban J connectivity index is 0.00000182. The molecule has 2 N–H and O–H groups in total. The van der Waals surface area contributed by atoms with Crippen LogP contribution in [0.15, 0.2) is 18.2 Å². The molecule has 2 atom stereocenters. The van der Waals surface area contributed by atoms with Crippen molar-refractivity contribution in [1.82, 2.24) is 10.6 Å². The summed E-state index contributed by atoms with van der Waals surface area (Å²) in [4.78, 5) is 26.4. The molecule has 136 valence electrons. The van der Waals surface area contributed by atoms with Crippen LogP contribution in [-0.2, 0) is 9.59 Å². The molecule has 3 heterocycles. The zero-order valence-corrected chi connectivity index (χ0v) is 14.6. The second-order valence-corrected chi connectivity index (χ2v) is 6.43. The fourth-order valence-corrected chi connectivity index (χ4v) is 3.43. The summed E-state index contributed by atoms with van der Waals surface area (Å²) in [6.07, 6.45) is 1.19. The zero-order valence-electron chi connectivity index (χ0n) is 13.8. The Bertz CT molecular complexity index is 663. The average Bonchev–Trinajstić information content (AvgIpc) is 3.24. The van der Waals surface area contributed by atoms with Crippen LogP contribution in [0.5, 0.6) is 11.5 Å². The van der Waals surface area contributed by atoms with E-state index in [2.05, 4.69) is 10.6 Å². The Morgan fingerprint density at radius 2 is 2.04 bits per heavy atom. The monoisotopic (exact) mass is 367 g/mol. The molecule has 0 saturated carbocycles.